The zero-order valence-corrected chi connectivity index (χ0v) is 16.8. The van der Waals surface area contributed by atoms with Crippen LogP contribution in [0.4, 0.5) is 5.69 Å². The SMILES string of the molecule is CCNC(=NCc1cccc(N2CC=CC2)c1)NCC(C)(O)c1ccsc1. The second-order valence-corrected chi connectivity index (χ2v) is 7.66. The van der Waals surface area contributed by atoms with Crippen LogP contribution in [0.5, 0.6) is 0 Å². The molecular formula is C21H28N4OS. The molecular weight excluding hydrogens is 356 g/mol. The van der Waals surface area contributed by atoms with Gasteiger partial charge >= 0.3 is 0 Å². The Balaban J connectivity index is 1.62. The molecule has 0 saturated carbocycles. The van der Waals surface area contributed by atoms with Crippen LogP contribution < -0.4 is 15.5 Å². The Hall–Kier alpha value is -2.31. The van der Waals surface area contributed by atoms with E-state index in [4.69, 9.17) is 0 Å². The summed E-state index contributed by atoms with van der Waals surface area (Å²) in [6.45, 7) is 7.55. The lowest BCUT2D eigenvalue weighted by Crippen LogP contribution is -2.44. The van der Waals surface area contributed by atoms with Gasteiger partial charge < -0.3 is 20.6 Å². The van der Waals surface area contributed by atoms with Crippen molar-refractivity contribution < 1.29 is 5.11 Å². The minimum Gasteiger partial charge on any atom is -0.384 e. The number of aliphatic hydroxyl groups is 1. The minimum absolute atomic E-state index is 0.398. The van der Waals surface area contributed by atoms with Crippen LogP contribution in [-0.4, -0.2) is 37.2 Å². The highest BCUT2D eigenvalue weighted by Crippen LogP contribution is 2.22. The van der Waals surface area contributed by atoms with E-state index in [2.05, 4.69) is 56.9 Å². The third-order valence-corrected chi connectivity index (χ3v) is 5.28. The minimum atomic E-state index is -0.932. The Morgan fingerprint density at radius 1 is 1.26 bits per heavy atom. The maximum absolute atomic E-state index is 10.7. The number of anilines is 1. The first-order valence-corrected chi connectivity index (χ1v) is 10.3. The largest absolute Gasteiger partial charge is 0.384 e. The summed E-state index contributed by atoms with van der Waals surface area (Å²) in [6.07, 6.45) is 4.38. The number of guanidine groups is 1. The molecule has 3 N–H and O–H groups in total. The van der Waals surface area contributed by atoms with E-state index in [0.717, 1.165) is 25.2 Å². The van der Waals surface area contributed by atoms with Crippen molar-refractivity contribution in [2.45, 2.75) is 26.0 Å². The number of thiophene rings is 1. The fourth-order valence-electron chi connectivity index (χ4n) is 2.98. The summed E-state index contributed by atoms with van der Waals surface area (Å²) in [6, 6.07) is 10.5. The number of nitrogens with zero attached hydrogens (tertiary/aromatic N) is 2. The molecule has 2 heterocycles. The van der Waals surface area contributed by atoms with Gasteiger partial charge in [-0.05, 0) is 53.9 Å². The highest BCUT2D eigenvalue weighted by atomic mass is 32.1. The van der Waals surface area contributed by atoms with Crippen molar-refractivity contribution >= 4 is 23.0 Å². The molecule has 0 bridgehead atoms. The van der Waals surface area contributed by atoms with Crippen LogP contribution in [0.2, 0.25) is 0 Å². The van der Waals surface area contributed by atoms with Crippen LogP contribution in [0.15, 0.2) is 58.2 Å². The van der Waals surface area contributed by atoms with E-state index in [9.17, 15) is 5.11 Å². The Morgan fingerprint density at radius 2 is 2.07 bits per heavy atom. The van der Waals surface area contributed by atoms with Gasteiger partial charge in [-0.3, -0.25) is 0 Å². The molecule has 1 unspecified atom stereocenters. The van der Waals surface area contributed by atoms with Crippen LogP contribution in [0.3, 0.4) is 0 Å². The van der Waals surface area contributed by atoms with Gasteiger partial charge in [-0.1, -0.05) is 24.3 Å². The van der Waals surface area contributed by atoms with Crippen LogP contribution >= 0.6 is 11.3 Å². The monoisotopic (exact) mass is 384 g/mol. The zero-order chi connectivity index (χ0) is 19.1. The molecule has 0 aliphatic carbocycles. The molecule has 144 valence electrons. The quantitative estimate of drug-likeness (QED) is 0.390. The molecule has 0 saturated heterocycles. The molecule has 27 heavy (non-hydrogen) atoms. The summed E-state index contributed by atoms with van der Waals surface area (Å²) in [5, 5.41) is 21.2. The summed E-state index contributed by atoms with van der Waals surface area (Å²) in [5.74, 6) is 0.709. The van der Waals surface area contributed by atoms with Crippen molar-refractivity contribution in [3.05, 3.63) is 64.4 Å². The second-order valence-electron chi connectivity index (χ2n) is 6.88. The smallest absolute Gasteiger partial charge is 0.191 e. The van der Waals surface area contributed by atoms with Crippen molar-refractivity contribution in [1.82, 2.24) is 10.6 Å². The lowest BCUT2D eigenvalue weighted by atomic mass is 9.99. The predicted molar refractivity (Wildman–Crippen MR) is 115 cm³/mol. The van der Waals surface area contributed by atoms with E-state index in [-0.39, 0.29) is 0 Å². The van der Waals surface area contributed by atoms with Crippen molar-refractivity contribution in [1.29, 1.82) is 0 Å². The van der Waals surface area contributed by atoms with Crippen LogP contribution in [0.1, 0.15) is 25.0 Å². The Kier molecular flexibility index (Phi) is 6.53. The number of hydrogen-bond acceptors (Lipinski definition) is 4. The molecule has 0 spiro atoms. The van der Waals surface area contributed by atoms with Gasteiger partial charge in [-0.15, -0.1) is 0 Å². The van der Waals surface area contributed by atoms with Crippen molar-refractivity contribution in [3.8, 4) is 0 Å². The van der Waals surface area contributed by atoms with Gasteiger partial charge in [0.25, 0.3) is 0 Å². The van der Waals surface area contributed by atoms with E-state index in [1.165, 1.54) is 11.3 Å². The third-order valence-electron chi connectivity index (χ3n) is 4.60. The van der Waals surface area contributed by atoms with E-state index >= 15 is 0 Å². The molecule has 6 heteroatoms. The van der Waals surface area contributed by atoms with Gasteiger partial charge in [0.2, 0.25) is 0 Å². The number of aliphatic imine (C=N–C) groups is 1. The average molecular weight is 385 g/mol. The van der Waals surface area contributed by atoms with E-state index in [0.29, 0.717) is 19.0 Å². The van der Waals surface area contributed by atoms with E-state index < -0.39 is 5.60 Å². The highest BCUT2D eigenvalue weighted by Gasteiger charge is 2.23. The third kappa shape index (κ3) is 5.34. The van der Waals surface area contributed by atoms with Crippen molar-refractivity contribution in [3.63, 3.8) is 0 Å². The van der Waals surface area contributed by atoms with Gasteiger partial charge in [0.15, 0.2) is 5.96 Å². The molecule has 2 aromatic rings. The van der Waals surface area contributed by atoms with Crippen molar-refractivity contribution in [2.75, 3.05) is 31.1 Å². The molecule has 1 atom stereocenters. The second kappa shape index (κ2) is 9.06. The highest BCUT2D eigenvalue weighted by molar-refractivity contribution is 7.08. The Morgan fingerprint density at radius 3 is 2.78 bits per heavy atom. The molecule has 1 aliphatic rings. The lowest BCUT2D eigenvalue weighted by molar-refractivity contribution is 0.0621. The summed E-state index contributed by atoms with van der Waals surface area (Å²) >= 11 is 1.59. The maximum atomic E-state index is 10.7. The summed E-state index contributed by atoms with van der Waals surface area (Å²) in [7, 11) is 0. The molecule has 1 aromatic carbocycles. The topological polar surface area (TPSA) is 59.9 Å². The first-order chi connectivity index (χ1) is 13.1. The standard InChI is InChI=1S/C21H28N4OS/c1-3-22-20(24-16-21(2,26)18-9-12-27-15-18)23-14-17-7-6-8-19(13-17)25-10-4-5-11-25/h4-9,12-13,15,26H,3,10-11,14,16H2,1-2H3,(H2,22,23,24). The summed E-state index contributed by atoms with van der Waals surface area (Å²) < 4.78 is 0. The fraction of sp³-hybridized carbons (Fsp3) is 0.381. The normalized spacial score (nSPS) is 16.4. The van der Waals surface area contributed by atoms with Crippen LogP contribution in [0.25, 0.3) is 0 Å². The zero-order valence-electron chi connectivity index (χ0n) is 16.0. The molecule has 0 amide bonds. The Labute approximate surface area is 165 Å². The lowest BCUT2D eigenvalue weighted by Gasteiger charge is -2.24. The van der Waals surface area contributed by atoms with E-state index in [1.54, 1.807) is 11.3 Å². The van der Waals surface area contributed by atoms with Gasteiger partial charge in [0.05, 0.1) is 13.1 Å². The number of nitrogens with one attached hydrogen (secondary N) is 2. The fourth-order valence-corrected chi connectivity index (χ4v) is 3.76. The van der Waals surface area contributed by atoms with E-state index in [1.807, 2.05) is 30.7 Å². The number of benzene rings is 1. The number of hydrogen-bond donors (Lipinski definition) is 3. The van der Waals surface area contributed by atoms with Gasteiger partial charge in [0.1, 0.15) is 5.60 Å². The van der Waals surface area contributed by atoms with Crippen LogP contribution in [-0.2, 0) is 12.1 Å². The molecule has 1 aliphatic heterocycles. The van der Waals surface area contributed by atoms with Gasteiger partial charge in [-0.2, -0.15) is 11.3 Å². The Bertz CT molecular complexity index is 775. The first kappa shape index (κ1) is 19.5. The summed E-state index contributed by atoms with van der Waals surface area (Å²) in [5.41, 5.74) is 2.38. The van der Waals surface area contributed by atoms with Gasteiger partial charge in [0, 0.05) is 25.3 Å². The average Bonchev–Trinajstić information content (AvgIpc) is 3.38. The molecule has 3 rings (SSSR count). The predicted octanol–water partition coefficient (Wildman–Crippen LogP) is 3.09. The first-order valence-electron chi connectivity index (χ1n) is 9.34. The van der Waals surface area contributed by atoms with Crippen molar-refractivity contribution in [2.24, 2.45) is 4.99 Å². The molecule has 0 radical (unpaired) electrons. The maximum Gasteiger partial charge on any atom is 0.191 e. The summed E-state index contributed by atoms with van der Waals surface area (Å²) in [4.78, 5) is 7.02. The molecule has 0 fully saturated rings. The molecule has 1 aromatic heterocycles. The molecule has 5 nitrogen and oxygen atoms in total. The van der Waals surface area contributed by atoms with Crippen LogP contribution in [0, 0.1) is 0 Å². The van der Waals surface area contributed by atoms with Gasteiger partial charge in [-0.25, -0.2) is 4.99 Å². The number of rotatable bonds is 7.